The molecule has 0 aromatic heterocycles. The maximum absolute atomic E-state index is 12.7. The second-order valence-electron chi connectivity index (χ2n) is 4.68. The Kier molecular flexibility index (Phi) is 3.69. The van der Waals surface area contributed by atoms with Crippen LogP contribution in [0.4, 0.5) is 0 Å². The van der Waals surface area contributed by atoms with Crippen molar-refractivity contribution in [3.05, 3.63) is 47.2 Å². The van der Waals surface area contributed by atoms with Gasteiger partial charge in [0.05, 0.1) is 9.86 Å². The Morgan fingerprint density at radius 3 is 2.65 bits per heavy atom. The maximum atomic E-state index is 12.7. The van der Waals surface area contributed by atoms with Crippen LogP contribution < -0.4 is 0 Å². The quantitative estimate of drug-likeness (QED) is 0.454. The van der Waals surface area contributed by atoms with Gasteiger partial charge in [0.15, 0.2) is 0 Å². The molecule has 20 heavy (non-hydrogen) atoms. The topological polar surface area (TPSA) is 37.4 Å². The van der Waals surface area contributed by atoms with Gasteiger partial charge in [0.25, 0.3) is 0 Å². The van der Waals surface area contributed by atoms with E-state index in [0.29, 0.717) is 11.3 Å². The number of benzene rings is 1. The van der Waals surface area contributed by atoms with Crippen LogP contribution >= 0.6 is 39.3 Å². The number of halogens is 2. The summed E-state index contributed by atoms with van der Waals surface area (Å²) in [4.78, 5) is 26.2. The highest BCUT2D eigenvalue weighted by Crippen LogP contribution is 2.48. The van der Waals surface area contributed by atoms with E-state index in [0.717, 1.165) is 5.57 Å². The van der Waals surface area contributed by atoms with E-state index in [2.05, 4.69) is 15.9 Å². The van der Waals surface area contributed by atoms with Crippen LogP contribution in [0.2, 0.25) is 0 Å². The summed E-state index contributed by atoms with van der Waals surface area (Å²) >= 11 is 11.1. The molecule has 1 aromatic carbocycles. The molecule has 104 valence electrons. The van der Waals surface area contributed by atoms with Crippen molar-refractivity contribution >= 4 is 51.0 Å². The van der Waals surface area contributed by atoms with Crippen molar-refractivity contribution in [1.82, 2.24) is 4.90 Å². The first-order valence-electron chi connectivity index (χ1n) is 6.09. The largest absolute Gasteiger partial charge is 0.293 e. The molecular formula is C14H11BrClNO2S. The smallest absolute Gasteiger partial charge is 0.249 e. The van der Waals surface area contributed by atoms with Gasteiger partial charge in [-0.2, -0.15) is 0 Å². The number of Topliss-reactive ketones (excluding diaryl/α,β-unsaturated/α-hetero) is 1. The van der Waals surface area contributed by atoms with Crippen molar-refractivity contribution in [2.24, 2.45) is 0 Å². The Balaban J connectivity index is 2.03. The zero-order chi connectivity index (χ0) is 14.4. The zero-order valence-electron chi connectivity index (χ0n) is 10.5. The zero-order valence-corrected chi connectivity index (χ0v) is 13.7. The number of alkyl halides is 2. The number of carbonyl (C=O) groups excluding carboxylic acids is 2. The van der Waals surface area contributed by atoms with Gasteiger partial charge in [-0.25, -0.2) is 0 Å². The lowest BCUT2D eigenvalue weighted by atomic mass is 10.0. The van der Waals surface area contributed by atoms with Gasteiger partial charge in [-0.05, 0) is 12.5 Å². The molecule has 2 aliphatic heterocycles. The second-order valence-corrected chi connectivity index (χ2v) is 7.90. The Bertz CT molecular complexity index is 619. The number of hydrogen-bond donors (Lipinski definition) is 0. The van der Waals surface area contributed by atoms with Crippen molar-refractivity contribution in [2.45, 2.75) is 21.8 Å². The number of β-lactam (4-membered cyclic amide) rings is 1. The molecule has 3 atom stereocenters. The predicted octanol–water partition coefficient (Wildman–Crippen LogP) is 3.39. The Morgan fingerprint density at radius 1 is 1.35 bits per heavy atom. The number of rotatable bonds is 2. The normalized spacial score (nSPS) is 29.1. The molecule has 0 saturated carbocycles. The maximum Gasteiger partial charge on any atom is 0.249 e. The average Bonchev–Trinajstić information content (AvgIpc) is 2.49. The number of allylic oxidation sites excluding steroid dienone is 1. The highest BCUT2D eigenvalue weighted by atomic mass is 79.9. The molecule has 1 saturated heterocycles. The number of nitrogens with zero attached hydrogens (tertiary/aromatic N) is 1. The van der Waals surface area contributed by atoms with Crippen molar-refractivity contribution in [2.75, 3.05) is 0 Å². The molecule has 3 nitrogen and oxygen atoms in total. The molecule has 0 aliphatic carbocycles. The van der Waals surface area contributed by atoms with Crippen molar-refractivity contribution < 1.29 is 9.59 Å². The fourth-order valence-electron chi connectivity index (χ4n) is 2.33. The number of fused-ring (bicyclic) bond motifs is 1. The number of ketones is 1. The van der Waals surface area contributed by atoms with E-state index in [4.69, 9.17) is 11.6 Å². The van der Waals surface area contributed by atoms with Gasteiger partial charge in [0, 0.05) is 5.56 Å². The molecule has 0 N–H and O–H groups in total. The molecule has 3 rings (SSSR count). The van der Waals surface area contributed by atoms with Crippen LogP contribution in [0.15, 0.2) is 41.6 Å². The molecule has 0 bridgehead atoms. The van der Waals surface area contributed by atoms with Gasteiger partial charge in [0.1, 0.15) is 10.8 Å². The molecule has 1 amide bonds. The van der Waals surface area contributed by atoms with E-state index in [-0.39, 0.29) is 21.2 Å². The van der Waals surface area contributed by atoms with E-state index < -0.39 is 5.38 Å². The van der Waals surface area contributed by atoms with Crippen LogP contribution in [-0.2, 0) is 4.79 Å². The van der Waals surface area contributed by atoms with E-state index in [1.807, 2.05) is 25.1 Å². The highest BCUT2D eigenvalue weighted by molar-refractivity contribution is 9.11. The van der Waals surface area contributed by atoms with Crippen LogP contribution in [0.25, 0.3) is 0 Å². The highest BCUT2D eigenvalue weighted by Gasteiger charge is 2.53. The SMILES string of the molecule is CC1=C(C(=O)c2ccccc2)N2C(=O)[C@H](Cl)[C@H]2SC1Br. The standard InChI is InChI=1S/C14H11BrClNO2S/c1-7-10(11(18)8-5-3-2-4-6-8)17-13(19)9(16)14(17)20-12(7)15/h2-6,9,12,14H,1H3/t9-,12?,14+/m0/s1. The van der Waals surface area contributed by atoms with Crippen molar-refractivity contribution in [3.8, 4) is 0 Å². The second kappa shape index (κ2) is 5.20. The van der Waals surface area contributed by atoms with Crippen LogP contribution in [0, 0.1) is 0 Å². The first-order chi connectivity index (χ1) is 9.52. The summed E-state index contributed by atoms with van der Waals surface area (Å²) < 4.78 is 0.000706. The van der Waals surface area contributed by atoms with Crippen LogP contribution in [0.5, 0.6) is 0 Å². The molecule has 2 aliphatic rings. The number of thioether (sulfide) groups is 1. The van der Waals surface area contributed by atoms with E-state index in [1.54, 1.807) is 23.9 Å². The minimum atomic E-state index is -0.549. The van der Waals surface area contributed by atoms with Gasteiger partial charge in [-0.1, -0.05) is 46.3 Å². The van der Waals surface area contributed by atoms with Gasteiger partial charge < -0.3 is 0 Å². The lowest BCUT2D eigenvalue weighted by Gasteiger charge is -2.48. The third-order valence-electron chi connectivity index (χ3n) is 3.44. The molecule has 0 spiro atoms. The van der Waals surface area contributed by atoms with Gasteiger partial charge >= 0.3 is 0 Å². The molecule has 6 heteroatoms. The summed E-state index contributed by atoms with van der Waals surface area (Å²) in [5.41, 5.74) is 1.90. The van der Waals surface area contributed by atoms with Crippen LogP contribution in [0.1, 0.15) is 17.3 Å². The first-order valence-corrected chi connectivity index (χ1v) is 8.39. The summed E-state index contributed by atoms with van der Waals surface area (Å²) in [6.45, 7) is 1.87. The van der Waals surface area contributed by atoms with Crippen molar-refractivity contribution in [3.63, 3.8) is 0 Å². The number of amides is 1. The minimum Gasteiger partial charge on any atom is -0.293 e. The molecule has 1 fully saturated rings. The predicted molar refractivity (Wildman–Crippen MR) is 84.1 cm³/mol. The summed E-state index contributed by atoms with van der Waals surface area (Å²) in [5.74, 6) is -0.322. The van der Waals surface area contributed by atoms with Gasteiger partial charge in [0.2, 0.25) is 11.7 Å². The first kappa shape index (κ1) is 14.2. The Morgan fingerprint density at radius 2 is 2.00 bits per heavy atom. The molecule has 2 heterocycles. The monoisotopic (exact) mass is 371 g/mol. The summed E-state index contributed by atoms with van der Waals surface area (Å²) in [5, 5.41) is -0.716. The van der Waals surface area contributed by atoms with E-state index in [1.165, 1.54) is 4.90 Å². The van der Waals surface area contributed by atoms with Gasteiger partial charge in [-0.15, -0.1) is 23.4 Å². The number of hydrogen-bond acceptors (Lipinski definition) is 3. The molecule has 1 aromatic rings. The summed E-state index contributed by atoms with van der Waals surface area (Å²) in [6.07, 6.45) is 0. The number of carbonyl (C=O) groups is 2. The van der Waals surface area contributed by atoms with Gasteiger partial charge in [-0.3, -0.25) is 14.5 Å². The summed E-state index contributed by atoms with van der Waals surface area (Å²) in [7, 11) is 0. The minimum absolute atomic E-state index is 0.000706. The Hall–Kier alpha value is -0.780. The fraction of sp³-hybridized carbons (Fsp3) is 0.286. The van der Waals surface area contributed by atoms with E-state index >= 15 is 0 Å². The fourth-order valence-corrected chi connectivity index (χ4v) is 4.76. The van der Waals surface area contributed by atoms with E-state index in [9.17, 15) is 9.59 Å². The lowest BCUT2D eigenvalue weighted by molar-refractivity contribution is -0.137. The summed E-state index contributed by atoms with van der Waals surface area (Å²) in [6, 6.07) is 8.99. The van der Waals surface area contributed by atoms with Crippen LogP contribution in [-0.4, -0.2) is 31.5 Å². The van der Waals surface area contributed by atoms with Crippen molar-refractivity contribution in [1.29, 1.82) is 0 Å². The molecular weight excluding hydrogens is 362 g/mol. The third kappa shape index (κ3) is 2.03. The lowest BCUT2D eigenvalue weighted by Crippen LogP contribution is -2.63. The third-order valence-corrected chi connectivity index (χ3v) is 6.71. The molecule has 1 unspecified atom stereocenters. The van der Waals surface area contributed by atoms with Crippen LogP contribution in [0.3, 0.4) is 0 Å². The average molecular weight is 373 g/mol. The molecule has 0 radical (unpaired) electrons. The Labute approximate surface area is 134 Å².